The molecule has 5 heteroatoms. The van der Waals surface area contributed by atoms with Gasteiger partial charge in [0, 0.05) is 6.42 Å². The van der Waals surface area contributed by atoms with Gasteiger partial charge in [0.05, 0.1) is 18.8 Å². The third-order valence-corrected chi connectivity index (χ3v) is 5.50. The van der Waals surface area contributed by atoms with Crippen molar-refractivity contribution in [3.05, 3.63) is 28.8 Å². The molecule has 0 saturated carbocycles. The van der Waals surface area contributed by atoms with Crippen LogP contribution in [0.1, 0.15) is 90.8 Å². The highest BCUT2D eigenvalue weighted by atomic mass is 16.3. The molecule has 0 bridgehead atoms. The highest BCUT2D eigenvalue weighted by Gasteiger charge is 2.30. The van der Waals surface area contributed by atoms with Gasteiger partial charge >= 0.3 is 0 Å². The maximum absolute atomic E-state index is 12.6. The second-order valence-corrected chi connectivity index (χ2v) is 10.1. The molecule has 1 rings (SSSR count). The first-order valence-corrected chi connectivity index (χ1v) is 10.1. The molecule has 0 aliphatic carbocycles. The summed E-state index contributed by atoms with van der Waals surface area (Å²) in [4.78, 5) is 12.6. The number of hydrogen-bond acceptors (Lipinski definition) is 4. The van der Waals surface area contributed by atoms with Crippen LogP contribution in [0.4, 0.5) is 0 Å². The Morgan fingerprint density at radius 3 is 1.75 bits per heavy atom. The van der Waals surface area contributed by atoms with Gasteiger partial charge in [0.1, 0.15) is 5.75 Å². The second kappa shape index (κ2) is 8.83. The first kappa shape index (κ1) is 24.4. The maximum atomic E-state index is 12.6. The summed E-state index contributed by atoms with van der Waals surface area (Å²) < 4.78 is 0. The van der Waals surface area contributed by atoms with E-state index < -0.39 is 5.54 Å². The molecular formula is C23H39NO4. The number of rotatable bonds is 7. The molecule has 0 saturated heterocycles. The van der Waals surface area contributed by atoms with Gasteiger partial charge in [-0.1, -0.05) is 67.5 Å². The van der Waals surface area contributed by atoms with Crippen molar-refractivity contribution in [3.63, 3.8) is 0 Å². The van der Waals surface area contributed by atoms with Crippen molar-refractivity contribution in [2.45, 2.75) is 90.5 Å². The zero-order valence-corrected chi connectivity index (χ0v) is 18.8. The molecule has 0 aliphatic rings. The van der Waals surface area contributed by atoms with Gasteiger partial charge in [-0.25, -0.2) is 0 Å². The van der Waals surface area contributed by atoms with Crippen molar-refractivity contribution in [2.75, 3.05) is 13.2 Å². The molecule has 0 fully saturated rings. The number of amides is 1. The number of aromatic hydroxyl groups is 1. The molecule has 0 radical (unpaired) electrons. The van der Waals surface area contributed by atoms with Crippen molar-refractivity contribution in [1.82, 2.24) is 5.32 Å². The van der Waals surface area contributed by atoms with Crippen LogP contribution in [0.15, 0.2) is 12.1 Å². The third-order valence-electron chi connectivity index (χ3n) is 5.50. The van der Waals surface area contributed by atoms with Gasteiger partial charge in [-0.3, -0.25) is 4.79 Å². The highest BCUT2D eigenvalue weighted by Crippen LogP contribution is 2.41. The number of aliphatic hydroxyl groups excluding tert-OH is 2. The molecule has 0 spiro atoms. The molecular weight excluding hydrogens is 354 g/mol. The fraction of sp³-hybridized carbons (Fsp3) is 0.696. The Kier molecular flexibility index (Phi) is 7.71. The lowest BCUT2D eigenvalue weighted by Crippen LogP contribution is -2.53. The zero-order valence-electron chi connectivity index (χ0n) is 18.8. The van der Waals surface area contributed by atoms with E-state index in [2.05, 4.69) is 46.9 Å². The van der Waals surface area contributed by atoms with Gasteiger partial charge in [-0.05, 0) is 39.9 Å². The summed E-state index contributed by atoms with van der Waals surface area (Å²) in [7, 11) is 0. The highest BCUT2D eigenvalue weighted by molar-refractivity contribution is 5.77. The standard InChI is InChI=1S/C23H39NO4/c1-9-23(13-25,14-26)24-19(27)10-15(2)16-11-17(21(3,4)5)20(28)18(12-16)22(6,7)8/h11-12,15,25-26,28H,9-10,13-14H2,1-8H3,(H,24,27). The van der Waals surface area contributed by atoms with Crippen molar-refractivity contribution in [2.24, 2.45) is 0 Å². The lowest BCUT2D eigenvalue weighted by molar-refractivity contribution is -0.124. The normalized spacial score (nSPS) is 14.1. The average molecular weight is 394 g/mol. The summed E-state index contributed by atoms with van der Waals surface area (Å²) in [5, 5.41) is 32.8. The fourth-order valence-electron chi connectivity index (χ4n) is 3.27. The van der Waals surface area contributed by atoms with Crippen LogP contribution in [-0.4, -0.2) is 40.0 Å². The minimum atomic E-state index is -0.987. The summed E-state index contributed by atoms with van der Waals surface area (Å²) in [6.07, 6.45) is 0.682. The molecule has 0 aromatic heterocycles. The summed E-state index contributed by atoms with van der Waals surface area (Å²) in [6.45, 7) is 15.6. The Labute approximate surface area is 170 Å². The molecule has 1 amide bonds. The van der Waals surface area contributed by atoms with Crippen LogP contribution < -0.4 is 5.32 Å². The molecule has 160 valence electrons. The molecule has 4 N–H and O–H groups in total. The summed E-state index contributed by atoms with van der Waals surface area (Å²) >= 11 is 0. The molecule has 1 aromatic carbocycles. The summed E-state index contributed by atoms with van der Waals surface area (Å²) in [5.41, 5.74) is 1.30. The van der Waals surface area contributed by atoms with Crippen LogP contribution >= 0.6 is 0 Å². The predicted octanol–water partition coefficient (Wildman–Crippen LogP) is 3.73. The first-order chi connectivity index (χ1) is 12.7. The molecule has 0 aliphatic heterocycles. The smallest absolute Gasteiger partial charge is 0.221 e. The van der Waals surface area contributed by atoms with E-state index in [1.165, 1.54) is 0 Å². The van der Waals surface area contributed by atoms with Gasteiger partial charge in [0.25, 0.3) is 0 Å². The van der Waals surface area contributed by atoms with E-state index in [1.807, 2.05) is 26.0 Å². The minimum absolute atomic E-state index is 0.0743. The van der Waals surface area contributed by atoms with Gasteiger partial charge in [-0.2, -0.15) is 0 Å². The van der Waals surface area contributed by atoms with Crippen molar-refractivity contribution >= 4 is 5.91 Å². The van der Waals surface area contributed by atoms with Crippen LogP contribution in [0.2, 0.25) is 0 Å². The largest absolute Gasteiger partial charge is 0.507 e. The molecule has 1 aromatic rings. The van der Waals surface area contributed by atoms with Crippen LogP contribution in [0.25, 0.3) is 0 Å². The molecule has 28 heavy (non-hydrogen) atoms. The number of nitrogens with one attached hydrogen (secondary N) is 1. The SMILES string of the molecule is CCC(CO)(CO)NC(=O)CC(C)c1cc(C(C)(C)C)c(O)c(C(C)(C)C)c1. The minimum Gasteiger partial charge on any atom is -0.507 e. The van der Waals surface area contributed by atoms with Gasteiger partial charge in [-0.15, -0.1) is 0 Å². The van der Waals surface area contributed by atoms with E-state index in [4.69, 9.17) is 0 Å². The lowest BCUT2D eigenvalue weighted by Gasteiger charge is -2.31. The second-order valence-electron chi connectivity index (χ2n) is 10.1. The number of phenols is 1. The molecule has 0 heterocycles. The van der Waals surface area contributed by atoms with Crippen LogP contribution in [-0.2, 0) is 15.6 Å². The number of aliphatic hydroxyl groups is 2. The fourth-order valence-corrected chi connectivity index (χ4v) is 3.27. The van der Waals surface area contributed by atoms with Crippen LogP contribution in [0.3, 0.4) is 0 Å². The van der Waals surface area contributed by atoms with E-state index >= 15 is 0 Å². The number of phenolic OH excluding ortho intramolecular Hbond substituents is 1. The van der Waals surface area contributed by atoms with E-state index in [0.717, 1.165) is 16.7 Å². The van der Waals surface area contributed by atoms with Crippen molar-refractivity contribution in [3.8, 4) is 5.75 Å². The lowest BCUT2D eigenvalue weighted by atomic mass is 9.77. The van der Waals surface area contributed by atoms with Gasteiger partial charge in [0.15, 0.2) is 0 Å². The van der Waals surface area contributed by atoms with E-state index in [1.54, 1.807) is 0 Å². The van der Waals surface area contributed by atoms with E-state index in [-0.39, 0.29) is 42.3 Å². The Morgan fingerprint density at radius 2 is 1.43 bits per heavy atom. The Morgan fingerprint density at radius 1 is 1.00 bits per heavy atom. The summed E-state index contributed by atoms with van der Waals surface area (Å²) in [6, 6.07) is 3.99. The Bertz CT molecular complexity index is 636. The average Bonchev–Trinajstić information content (AvgIpc) is 2.57. The number of carbonyl (C=O) groups is 1. The predicted molar refractivity (Wildman–Crippen MR) is 114 cm³/mol. The van der Waals surface area contributed by atoms with Gasteiger partial charge in [0.2, 0.25) is 5.91 Å². The number of benzene rings is 1. The van der Waals surface area contributed by atoms with E-state index in [9.17, 15) is 20.1 Å². The third kappa shape index (κ3) is 5.71. The maximum Gasteiger partial charge on any atom is 0.221 e. The Balaban J connectivity index is 3.24. The van der Waals surface area contributed by atoms with Crippen LogP contribution in [0.5, 0.6) is 5.75 Å². The number of hydrogen-bond donors (Lipinski definition) is 4. The van der Waals surface area contributed by atoms with Crippen molar-refractivity contribution < 1.29 is 20.1 Å². The quantitative estimate of drug-likeness (QED) is 0.568. The van der Waals surface area contributed by atoms with Crippen molar-refractivity contribution in [1.29, 1.82) is 0 Å². The topological polar surface area (TPSA) is 89.8 Å². The first-order valence-electron chi connectivity index (χ1n) is 10.1. The molecule has 1 unspecified atom stereocenters. The Hall–Kier alpha value is -1.59. The molecule has 5 nitrogen and oxygen atoms in total. The van der Waals surface area contributed by atoms with Crippen LogP contribution in [0, 0.1) is 0 Å². The zero-order chi connectivity index (χ0) is 21.9. The summed E-state index contributed by atoms with van der Waals surface area (Å²) in [5.74, 6) is 0.0425. The number of carbonyl (C=O) groups excluding carboxylic acids is 1. The van der Waals surface area contributed by atoms with Gasteiger partial charge < -0.3 is 20.6 Å². The van der Waals surface area contributed by atoms with E-state index in [0.29, 0.717) is 12.2 Å². The molecule has 1 atom stereocenters. The monoisotopic (exact) mass is 393 g/mol.